The Morgan fingerprint density at radius 1 is 1.15 bits per heavy atom. The van der Waals surface area contributed by atoms with Gasteiger partial charge in [0.1, 0.15) is 0 Å². The molecule has 0 bridgehead atoms. The number of nitrogens with zero attached hydrogens (tertiary/aromatic N) is 1. The van der Waals surface area contributed by atoms with E-state index in [-0.39, 0.29) is 0 Å². The third-order valence-electron chi connectivity index (χ3n) is 4.21. The lowest BCUT2D eigenvalue weighted by atomic mass is 9.93. The van der Waals surface area contributed by atoms with Crippen molar-refractivity contribution in [2.24, 2.45) is 0 Å². The summed E-state index contributed by atoms with van der Waals surface area (Å²) in [7, 11) is 1.72. The summed E-state index contributed by atoms with van der Waals surface area (Å²) >= 11 is 1.94. The minimum absolute atomic E-state index is 0.441. The molecule has 0 aromatic heterocycles. The smallest absolute Gasteiger partial charge is 0.0704 e. The number of benzene rings is 1. The van der Waals surface area contributed by atoms with E-state index in [0.717, 1.165) is 13.2 Å². The summed E-state index contributed by atoms with van der Waals surface area (Å²) in [6, 6.07) is 9.47. The SMILES string of the molecule is COCCOC1CCC(N2Cc3ccccc3S2)CC1. The van der Waals surface area contributed by atoms with E-state index < -0.39 is 0 Å². The topological polar surface area (TPSA) is 21.7 Å². The molecule has 0 spiro atoms. The standard InChI is InChI=1S/C16H23NO2S/c1-18-10-11-19-15-8-6-14(7-9-15)17-12-13-4-2-3-5-16(13)20-17/h2-5,14-15H,6-12H2,1H3. The van der Waals surface area contributed by atoms with Crippen LogP contribution in [0.3, 0.4) is 0 Å². The van der Waals surface area contributed by atoms with Gasteiger partial charge in [-0.2, -0.15) is 0 Å². The Labute approximate surface area is 125 Å². The van der Waals surface area contributed by atoms with Gasteiger partial charge in [-0.25, -0.2) is 4.31 Å². The lowest BCUT2D eigenvalue weighted by Crippen LogP contribution is -2.33. The average Bonchev–Trinajstić information content (AvgIpc) is 2.92. The molecule has 3 rings (SSSR count). The van der Waals surface area contributed by atoms with Crippen LogP contribution in [0.1, 0.15) is 31.2 Å². The molecule has 0 atom stereocenters. The number of rotatable bonds is 5. The summed E-state index contributed by atoms with van der Waals surface area (Å²) in [5, 5.41) is 0. The van der Waals surface area contributed by atoms with Crippen LogP contribution in [-0.2, 0) is 16.0 Å². The Kier molecular flexibility index (Phi) is 4.99. The monoisotopic (exact) mass is 293 g/mol. The third-order valence-corrected chi connectivity index (χ3v) is 5.46. The van der Waals surface area contributed by atoms with Gasteiger partial charge in [-0.15, -0.1) is 0 Å². The zero-order chi connectivity index (χ0) is 13.8. The maximum Gasteiger partial charge on any atom is 0.0704 e. The quantitative estimate of drug-likeness (QED) is 0.612. The highest BCUT2D eigenvalue weighted by Crippen LogP contribution is 2.40. The van der Waals surface area contributed by atoms with Crippen LogP contribution in [0.4, 0.5) is 0 Å². The minimum atomic E-state index is 0.441. The second-order valence-electron chi connectivity index (χ2n) is 5.57. The first-order valence-corrected chi connectivity index (χ1v) is 8.27. The lowest BCUT2D eigenvalue weighted by Gasteiger charge is -2.33. The van der Waals surface area contributed by atoms with E-state index in [4.69, 9.17) is 9.47 Å². The number of fused-ring (bicyclic) bond motifs is 1. The van der Waals surface area contributed by atoms with E-state index in [9.17, 15) is 0 Å². The molecule has 1 aliphatic heterocycles. The van der Waals surface area contributed by atoms with Crippen LogP contribution in [0.5, 0.6) is 0 Å². The fraction of sp³-hybridized carbons (Fsp3) is 0.625. The molecule has 0 amide bonds. The highest BCUT2D eigenvalue weighted by atomic mass is 32.2. The molecule has 1 aromatic carbocycles. The van der Waals surface area contributed by atoms with Crippen LogP contribution in [0.15, 0.2) is 29.2 Å². The summed E-state index contributed by atoms with van der Waals surface area (Å²) in [4.78, 5) is 1.44. The summed E-state index contributed by atoms with van der Waals surface area (Å²) in [6.45, 7) is 2.54. The first-order chi connectivity index (χ1) is 9.86. The van der Waals surface area contributed by atoms with Crippen molar-refractivity contribution < 1.29 is 9.47 Å². The summed E-state index contributed by atoms with van der Waals surface area (Å²) in [5.74, 6) is 0. The van der Waals surface area contributed by atoms with Gasteiger partial charge in [0.15, 0.2) is 0 Å². The minimum Gasteiger partial charge on any atom is -0.382 e. The molecule has 4 heteroatoms. The molecular weight excluding hydrogens is 270 g/mol. The fourth-order valence-electron chi connectivity index (χ4n) is 3.05. The first-order valence-electron chi connectivity index (χ1n) is 7.50. The van der Waals surface area contributed by atoms with E-state index in [2.05, 4.69) is 28.6 Å². The van der Waals surface area contributed by atoms with Crippen LogP contribution < -0.4 is 0 Å². The first kappa shape index (κ1) is 14.4. The third kappa shape index (κ3) is 3.37. The molecular formula is C16H23NO2S. The Morgan fingerprint density at radius 2 is 1.95 bits per heavy atom. The van der Waals surface area contributed by atoms with E-state index in [0.29, 0.717) is 18.8 Å². The van der Waals surface area contributed by atoms with Gasteiger partial charge >= 0.3 is 0 Å². The van der Waals surface area contributed by atoms with Crippen molar-refractivity contribution in [1.82, 2.24) is 4.31 Å². The zero-order valence-corrected chi connectivity index (χ0v) is 12.9. The maximum atomic E-state index is 5.85. The highest BCUT2D eigenvalue weighted by molar-refractivity contribution is 7.97. The van der Waals surface area contributed by atoms with Crippen molar-refractivity contribution in [1.29, 1.82) is 0 Å². The molecule has 0 N–H and O–H groups in total. The van der Waals surface area contributed by atoms with Crippen molar-refractivity contribution in [2.45, 2.75) is 49.3 Å². The van der Waals surface area contributed by atoms with Crippen LogP contribution in [0.2, 0.25) is 0 Å². The van der Waals surface area contributed by atoms with Gasteiger partial charge in [0.05, 0.1) is 19.3 Å². The van der Waals surface area contributed by atoms with Gasteiger partial charge < -0.3 is 9.47 Å². The largest absolute Gasteiger partial charge is 0.382 e. The summed E-state index contributed by atoms with van der Waals surface area (Å²) < 4.78 is 13.4. The van der Waals surface area contributed by atoms with E-state index in [1.807, 2.05) is 11.9 Å². The highest BCUT2D eigenvalue weighted by Gasteiger charge is 2.30. The van der Waals surface area contributed by atoms with E-state index in [1.54, 1.807) is 7.11 Å². The van der Waals surface area contributed by atoms with Crippen molar-refractivity contribution in [3.05, 3.63) is 29.8 Å². The molecule has 3 nitrogen and oxygen atoms in total. The van der Waals surface area contributed by atoms with Gasteiger partial charge in [0.2, 0.25) is 0 Å². The number of ether oxygens (including phenoxy) is 2. The maximum absolute atomic E-state index is 5.85. The second kappa shape index (κ2) is 6.94. The van der Waals surface area contributed by atoms with E-state index in [1.165, 1.54) is 36.1 Å². The molecule has 1 fully saturated rings. The molecule has 2 aliphatic rings. The van der Waals surface area contributed by atoms with Gasteiger partial charge in [-0.3, -0.25) is 0 Å². The van der Waals surface area contributed by atoms with Gasteiger partial charge in [0, 0.05) is 24.6 Å². The molecule has 110 valence electrons. The van der Waals surface area contributed by atoms with Crippen LogP contribution >= 0.6 is 11.9 Å². The zero-order valence-electron chi connectivity index (χ0n) is 12.1. The van der Waals surface area contributed by atoms with Crippen LogP contribution in [0, 0.1) is 0 Å². The van der Waals surface area contributed by atoms with Gasteiger partial charge in [-0.1, -0.05) is 18.2 Å². The predicted molar refractivity (Wildman–Crippen MR) is 81.7 cm³/mol. The number of hydrogen-bond donors (Lipinski definition) is 0. The second-order valence-corrected chi connectivity index (χ2v) is 6.66. The fourth-order valence-corrected chi connectivity index (χ4v) is 4.26. The Morgan fingerprint density at radius 3 is 2.70 bits per heavy atom. The Hall–Kier alpha value is -0.550. The Bertz CT molecular complexity index is 407. The van der Waals surface area contributed by atoms with Crippen molar-refractivity contribution in [3.63, 3.8) is 0 Å². The molecule has 1 aliphatic carbocycles. The van der Waals surface area contributed by atoms with Crippen molar-refractivity contribution in [3.8, 4) is 0 Å². The molecule has 20 heavy (non-hydrogen) atoms. The van der Waals surface area contributed by atoms with Crippen molar-refractivity contribution in [2.75, 3.05) is 20.3 Å². The summed E-state index contributed by atoms with van der Waals surface area (Å²) in [5.41, 5.74) is 1.48. The van der Waals surface area contributed by atoms with Crippen molar-refractivity contribution >= 4 is 11.9 Å². The average molecular weight is 293 g/mol. The summed E-state index contributed by atoms with van der Waals surface area (Å²) in [6.07, 6.45) is 5.30. The lowest BCUT2D eigenvalue weighted by molar-refractivity contribution is -0.00817. The molecule has 0 radical (unpaired) electrons. The number of methoxy groups -OCH3 is 1. The molecule has 0 saturated heterocycles. The predicted octanol–water partition coefficient (Wildman–Crippen LogP) is 3.48. The molecule has 0 unspecified atom stereocenters. The normalized spacial score (nSPS) is 26.6. The Balaban J connectivity index is 1.46. The van der Waals surface area contributed by atoms with Gasteiger partial charge in [0.25, 0.3) is 0 Å². The molecule has 1 heterocycles. The molecule has 1 saturated carbocycles. The molecule has 1 aromatic rings. The van der Waals surface area contributed by atoms with E-state index >= 15 is 0 Å². The van der Waals surface area contributed by atoms with Crippen LogP contribution in [-0.4, -0.2) is 36.8 Å². The van der Waals surface area contributed by atoms with Crippen LogP contribution in [0.25, 0.3) is 0 Å². The van der Waals surface area contributed by atoms with Gasteiger partial charge in [-0.05, 0) is 49.3 Å². The number of hydrogen-bond acceptors (Lipinski definition) is 4.